The highest BCUT2D eigenvalue weighted by Gasteiger charge is 2.24. The molecule has 1 aromatic heterocycles. The number of nitrogens with one attached hydrogen (secondary N) is 2. The Morgan fingerprint density at radius 2 is 1.45 bits per heavy atom. The van der Waals surface area contributed by atoms with E-state index in [2.05, 4.69) is 81.2 Å². The standard InChI is InChI=1S/C37H38N4O3/c42-36(33-24-29-14-7-8-15-30(29)25-34(33)44-37(43)31-16-9-19-38-26-31)39-20-23-41-21-17-32(18-22-41)40-35(27-10-3-1-4-11-27)28-12-5-2-6-13-28/h1-16,19,24-26,32,35,37,40,43H,17-18,20-23H2,(H,39,42). The summed E-state index contributed by atoms with van der Waals surface area (Å²) in [4.78, 5) is 19.9. The van der Waals surface area contributed by atoms with Crippen molar-refractivity contribution in [3.63, 3.8) is 0 Å². The van der Waals surface area contributed by atoms with Gasteiger partial charge in [-0.25, -0.2) is 0 Å². The van der Waals surface area contributed by atoms with Gasteiger partial charge in [-0.3, -0.25) is 9.78 Å². The molecule has 0 radical (unpaired) electrons. The number of aromatic nitrogens is 1. The summed E-state index contributed by atoms with van der Waals surface area (Å²) in [5, 5.41) is 19.6. The highest BCUT2D eigenvalue weighted by atomic mass is 16.6. The first-order valence-electron chi connectivity index (χ1n) is 15.3. The Balaban J connectivity index is 1.05. The molecule has 1 aliphatic rings. The monoisotopic (exact) mass is 586 g/mol. The van der Waals surface area contributed by atoms with E-state index in [0.29, 0.717) is 29.5 Å². The number of carbonyl (C=O) groups is 1. The topological polar surface area (TPSA) is 86.7 Å². The van der Waals surface area contributed by atoms with Crippen LogP contribution in [0.2, 0.25) is 0 Å². The molecular weight excluding hydrogens is 548 g/mol. The van der Waals surface area contributed by atoms with Gasteiger partial charge in [-0.05, 0) is 72.1 Å². The van der Waals surface area contributed by atoms with Gasteiger partial charge in [0.25, 0.3) is 5.91 Å². The first-order valence-corrected chi connectivity index (χ1v) is 15.3. The molecule has 0 spiro atoms. The number of amides is 1. The van der Waals surface area contributed by atoms with Gasteiger partial charge in [0.15, 0.2) is 0 Å². The molecule has 1 saturated heterocycles. The molecular formula is C37H38N4O3. The minimum Gasteiger partial charge on any atom is -0.460 e. The van der Waals surface area contributed by atoms with Crippen molar-refractivity contribution in [2.75, 3.05) is 26.2 Å². The van der Waals surface area contributed by atoms with E-state index < -0.39 is 6.29 Å². The third-order valence-electron chi connectivity index (χ3n) is 8.27. The van der Waals surface area contributed by atoms with Crippen molar-refractivity contribution in [3.05, 3.63) is 144 Å². The Morgan fingerprint density at radius 1 is 0.841 bits per heavy atom. The van der Waals surface area contributed by atoms with E-state index in [1.54, 1.807) is 30.6 Å². The molecule has 7 nitrogen and oxygen atoms in total. The zero-order valence-electron chi connectivity index (χ0n) is 24.7. The molecule has 0 aliphatic carbocycles. The van der Waals surface area contributed by atoms with Crippen LogP contribution in [-0.2, 0) is 0 Å². The van der Waals surface area contributed by atoms with Crippen molar-refractivity contribution in [2.24, 2.45) is 0 Å². The van der Waals surface area contributed by atoms with E-state index in [0.717, 1.165) is 43.2 Å². The van der Waals surface area contributed by atoms with Crippen molar-refractivity contribution in [2.45, 2.75) is 31.2 Å². The van der Waals surface area contributed by atoms with Crippen LogP contribution in [0.1, 0.15) is 52.2 Å². The van der Waals surface area contributed by atoms with E-state index in [1.807, 2.05) is 30.3 Å². The Kier molecular flexibility index (Phi) is 9.57. The SMILES string of the molecule is O=C(NCCN1CCC(NC(c2ccccc2)c2ccccc2)CC1)c1cc2ccccc2cc1OC(O)c1cccnc1. The maximum Gasteiger partial charge on any atom is 0.255 e. The van der Waals surface area contributed by atoms with Gasteiger partial charge in [0, 0.05) is 37.1 Å². The minimum absolute atomic E-state index is 0.156. The van der Waals surface area contributed by atoms with Crippen LogP contribution in [0, 0.1) is 0 Å². The summed E-state index contributed by atoms with van der Waals surface area (Å²) in [6.07, 6.45) is 4.02. The van der Waals surface area contributed by atoms with E-state index in [4.69, 9.17) is 4.74 Å². The number of aliphatic hydroxyl groups excluding tert-OH is 1. The lowest BCUT2D eigenvalue weighted by Crippen LogP contribution is -2.46. The average molecular weight is 587 g/mol. The number of piperidine rings is 1. The van der Waals surface area contributed by atoms with Crippen LogP contribution >= 0.6 is 0 Å². The van der Waals surface area contributed by atoms with Crippen molar-refractivity contribution < 1.29 is 14.6 Å². The lowest BCUT2D eigenvalue weighted by Gasteiger charge is -2.35. The molecule has 1 aliphatic heterocycles. The van der Waals surface area contributed by atoms with Gasteiger partial charge in [0.2, 0.25) is 6.29 Å². The summed E-state index contributed by atoms with van der Waals surface area (Å²) in [5.41, 5.74) is 3.45. The zero-order valence-corrected chi connectivity index (χ0v) is 24.7. The van der Waals surface area contributed by atoms with Crippen LogP contribution in [-0.4, -0.2) is 53.1 Å². The second-order valence-corrected chi connectivity index (χ2v) is 11.2. The maximum atomic E-state index is 13.4. The minimum atomic E-state index is -1.24. The predicted molar refractivity (Wildman–Crippen MR) is 173 cm³/mol. The molecule has 7 heteroatoms. The molecule has 1 fully saturated rings. The summed E-state index contributed by atoms with van der Waals surface area (Å²) >= 11 is 0. The van der Waals surface area contributed by atoms with Gasteiger partial charge in [-0.2, -0.15) is 0 Å². The van der Waals surface area contributed by atoms with E-state index in [9.17, 15) is 9.90 Å². The average Bonchev–Trinajstić information content (AvgIpc) is 3.08. The Morgan fingerprint density at radius 3 is 2.09 bits per heavy atom. The number of hydrogen-bond donors (Lipinski definition) is 3. The van der Waals surface area contributed by atoms with E-state index in [1.165, 1.54) is 11.1 Å². The molecule has 1 unspecified atom stereocenters. The molecule has 0 saturated carbocycles. The number of ether oxygens (including phenoxy) is 1. The summed E-state index contributed by atoms with van der Waals surface area (Å²) in [6, 6.07) is 36.7. The Hall–Kier alpha value is -4.56. The lowest BCUT2D eigenvalue weighted by molar-refractivity contribution is -0.0200. The van der Waals surface area contributed by atoms with Crippen LogP contribution in [0.3, 0.4) is 0 Å². The highest BCUT2D eigenvalue weighted by molar-refractivity contribution is 6.01. The molecule has 5 aromatic rings. The van der Waals surface area contributed by atoms with Crippen molar-refractivity contribution >= 4 is 16.7 Å². The number of carbonyl (C=O) groups excluding carboxylic acids is 1. The normalized spacial score (nSPS) is 14.9. The van der Waals surface area contributed by atoms with Crippen molar-refractivity contribution in [1.82, 2.24) is 20.5 Å². The number of nitrogens with zero attached hydrogens (tertiary/aromatic N) is 2. The summed E-state index contributed by atoms with van der Waals surface area (Å²) in [5.74, 6) is 0.102. The van der Waals surface area contributed by atoms with Gasteiger partial charge in [-0.1, -0.05) is 84.9 Å². The number of rotatable bonds is 11. The molecule has 0 bridgehead atoms. The molecule has 4 aromatic carbocycles. The Labute approximate surface area is 258 Å². The van der Waals surface area contributed by atoms with Crippen LogP contribution in [0.25, 0.3) is 10.8 Å². The first kappa shape index (κ1) is 29.5. The van der Waals surface area contributed by atoms with Gasteiger partial charge in [0.05, 0.1) is 11.6 Å². The molecule has 6 rings (SSSR count). The zero-order chi connectivity index (χ0) is 30.1. The van der Waals surface area contributed by atoms with E-state index >= 15 is 0 Å². The molecule has 44 heavy (non-hydrogen) atoms. The van der Waals surface area contributed by atoms with E-state index in [-0.39, 0.29) is 11.9 Å². The quantitative estimate of drug-likeness (QED) is 0.168. The first-order chi connectivity index (χ1) is 21.6. The number of aliphatic hydroxyl groups is 1. The van der Waals surface area contributed by atoms with Gasteiger partial charge >= 0.3 is 0 Å². The second kappa shape index (κ2) is 14.3. The van der Waals surface area contributed by atoms with Gasteiger partial charge < -0.3 is 25.4 Å². The molecule has 224 valence electrons. The van der Waals surface area contributed by atoms with Crippen LogP contribution < -0.4 is 15.4 Å². The predicted octanol–water partition coefficient (Wildman–Crippen LogP) is 5.88. The largest absolute Gasteiger partial charge is 0.460 e. The third kappa shape index (κ3) is 7.32. The van der Waals surface area contributed by atoms with Crippen molar-refractivity contribution in [3.8, 4) is 5.75 Å². The van der Waals surface area contributed by atoms with Crippen molar-refractivity contribution in [1.29, 1.82) is 0 Å². The molecule has 2 heterocycles. The molecule has 3 N–H and O–H groups in total. The molecule has 1 atom stereocenters. The highest BCUT2D eigenvalue weighted by Crippen LogP contribution is 2.30. The summed E-state index contributed by atoms with van der Waals surface area (Å²) in [6.45, 7) is 3.21. The van der Waals surface area contributed by atoms with Gasteiger partial charge in [0.1, 0.15) is 5.75 Å². The smallest absolute Gasteiger partial charge is 0.255 e. The number of benzene rings is 4. The summed E-state index contributed by atoms with van der Waals surface area (Å²) in [7, 11) is 0. The third-order valence-corrected chi connectivity index (χ3v) is 8.27. The lowest BCUT2D eigenvalue weighted by atomic mass is 9.95. The van der Waals surface area contributed by atoms with Gasteiger partial charge in [-0.15, -0.1) is 0 Å². The van der Waals surface area contributed by atoms with Crippen LogP contribution in [0.5, 0.6) is 5.75 Å². The number of fused-ring (bicyclic) bond motifs is 1. The molecule has 1 amide bonds. The summed E-state index contributed by atoms with van der Waals surface area (Å²) < 4.78 is 5.90. The Bertz CT molecular complexity index is 1600. The maximum absolute atomic E-state index is 13.4. The fourth-order valence-corrected chi connectivity index (χ4v) is 5.86. The number of pyridine rings is 1. The number of hydrogen-bond acceptors (Lipinski definition) is 6. The van der Waals surface area contributed by atoms with Crippen LogP contribution in [0.15, 0.2) is 122 Å². The fourth-order valence-electron chi connectivity index (χ4n) is 5.86. The fraction of sp³-hybridized carbons (Fsp3) is 0.243. The van der Waals surface area contributed by atoms with Crippen LogP contribution in [0.4, 0.5) is 0 Å². The number of likely N-dealkylation sites (tertiary alicyclic amines) is 1. The second-order valence-electron chi connectivity index (χ2n) is 11.2.